The van der Waals surface area contributed by atoms with Gasteiger partial charge in [-0.25, -0.2) is 0 Å². The molecule has 5 heteroatoms. The molecular weight excluding hydrogens is 318 g/mol. The predicted octanol–water partition coefficient (Wildman–Crippen LogP) is 3.73. The highest BCUT2D eigenvalue weighted by molar-refractivity contribution is 5.69. The van der Waals surface area contributed by atoms with Crippen LogP contribution in [0.25, 0.3) is 0 Å². The quantitative estimate of drug-likeness (QED) is 0.434. The van der Waals surface area contributed by atoms with Crippen molar-refractivity contribution in [3.05, 3.63) is 36.9 Å². The summed E-state index contributed by atoms with van der Waals surface area (Å²) < 4.78 is 17.0. The molecule has 1 unspecified atom stereocenters. The topological polar surface area (TPSA) is 56.8 Å². The Morgan fingerprint density at radius 2 is 1.92 bits per heavy atom. The first-order valence-electron chi connectivity index (χ1n) is 8.95. The van der Waals surface area contributed by atoms with Gasteiger partial charge in [-0.1, -0.05) is 52.0 Å². The van der Waals surface area contributed by atoms with Gasteiger partial charge in [0.05, 0.1) is 0 Å². The number of hydrogen-bond donors (Lipinski definition) is 1. The number of nitrogens with one attached hydrogen (secondary N) is 1. The summed E-state index contributed by atoms with van der Waals surface area (Å²) in [6.45, 7) is 11.0. The second kappa shape index (κ2) is 12.4. The first-order chi connectivity index (χ1) is 12.1. The number of rotatable bonds is 13. The molecule has 0 radical (unpaired) electrons. The number of benzene rings is 1. The second-order valence-electron chi connectivity index (χ2n) is 6.14. The van der Waals surface area contributed by atoms with Crippen LogP contribution in [-0.2, 0) is 9.53 Å². The Morgan fingerprint density at radius 1 is 1.24 bits per heavy atom. The number of ether oxygens (including phenoxy) is 3. The minimum atomic E-state index is -0.348. The maximum atomic E-state index is 11.9. The van der Waals surface area contributed by atoms with Crippen LogP contribution >= 0.6 is 0 Å². The van der Waals surface area contributed by atoms with E-state index in [9.17, 15) is 4.79 Å². The third kappa shape index (κ3) is 9.15. The minimum Gasteiger partial charge on any atom is -0.486 e. The molecule has 0 saturated heterocycles. The Labute approximate surface area is 151 Å². The fourth-order valence-electron chi connectivity index (χ4n) is 2.09. The summed E-state index contributed by atoms with van der Waals surface area (Å²) in [6, 6.07) is 7.75. The predicted molar refractivity (Wildman–Crippen MR) is 100 cm³/mol. The van der Waals surface area contributed by atoms with E-state index in [1.807, 2.05) is 31.2 Å². The average molecular weight is 349 g/mol. The van der Waals surface area contributed by atoms with Gasteiger partial charge in [0, 0.05) is 19.0 Å². The smallest absolute Gasteiger partial charge is 0.306 e. The molecule has 0 aliphatic heterocycles. The van der Waals surface area contributed by atoms with E-state index in [4.69, 9.17) is 14.2 Å². The van der Waals surface area contributed by atoms with E-state index >= 15 is 0 Å². The monoisotopic (exact) mass is 349 g/mol. The summed E-state index contributed by atoms with van der Waals surface area (Å²) in [5, 5.41) is 3.29. The first-order valence-corrected chi connectivity index (χ1v) is 8.95. The van der Waals surface area contributed by atoms with Gasteiger partial charge in [0.1, 0.15) is 19.3 Å². The van der Waals surface area contributed by atoms with Crippen molar-refractivity contribution in [2.45, 2.75) is 52.2 Å². The van der Waals surface area contributed by atoms with E-state index in [1.165, 1.54) is 0 Å². The Morgan fingerprint density at radius 3 is 2.52 bits per heavy atom. The maximum Gasteiger partial charge on any atom is 0.306 e. The Bertz CT molecular complexity index is 516. The molecule has 0 amide bonds. The van der Waals surface area contributed by atoms with Crippen LogP contribution in [0.5, 0.6) is 11.5 Å². The lowest BCUT2D eigenvalue weighted by Crippen LogP contribution is -2.38. The molecule has 5 nitrogen and oxygen atoms in total. The van der Waals surface area contributed by atoms with Gasteiger partial charge in [-0.2, -0.15) is 0 Å². The van der Waals surface area contributed by atoms with Gasteiger partial charge >= 0.3 is 5.97 Å². The fourth-order valence-corrected chi connectivity index (χ4v) is 2.09. The third-order valence-electron chi connectivity index (χ3n) is 3.42. The second-order valence-corrected chi connectivity index (χ2v) is 6.14. The van der Waals surface area contributed by atoms with E-state index in [0.717, 1.165) is 12.8 Å². The Hall–Kier alpha value is -2.01. The number of carbonyl (C=O) groups is 1. The molecule has 25 heavy (non-hydrogen) atoms. The Balaban J connectivity index is 2.64. The minimum absolute atomic E-state index is 0.183. The zero-order valence-corrected chi connectivity index (χ0v) is 15.6. The number of esters is 1. The van der Waals surface area contributed by atoms with Crippen molar-refractivity contribution in [2.24, 2.45) is 0 Å². The number of para-hydroxylation sites is 2. The van der Waals surface area contributed by atoms with Crippen LogP contribution in [0.1, 0.15) is 40.0 Å². The van der Waals surface area contributed by atoms with E-state index in [1.54, 1.807) is 6.08 Å². The molecule has 0 heterocycles. The van der Waals surface area contributed by atoms with Crippen LogP contribution < -0.4 is 14.8 Å². The van der Waals surface area contributed by atoms with Crippen molar-refractivity contribution < 1.29 is 19.0 Å². The molecule has 1 aromatic rings. The summed E-state index contributed by atoms with van der Waals surface area (Å²) in [6.07, 6.45) is 3.57. The molecule has 0 aliphatic carbocycles. The molecular formula is C20H31NO4. The van der Waals surface area contributed by atoms with Gasteiger partial charge < -0.3 is 19.5 Å². The van der Waals surface area contributed by atoms with Crippen LogP contribution in [-0.4, -0.2) is 37.9 Å². The maximum absolute atomic E-state index is 11.9. The highest BCUT2D eigenvalue weighted by Crippen LogP contribution is 2.26. The zero-order valence-electron chi connectivity index (χ0n) is 15.6. The lowest BCUT2D eigenvalue weighted by atomic mass is 10.2. The third-order valence-corrected chi connectivity index (χ3v) is 3.42. The van der Waals surface area contributed by atoms with Gasteiger partial charge in [-0.05, 0) is 18.6 Å². The van der Waals surface area contributed by atoms with Gasteiger partial charge in [0.15, 0.2) is 11.5 Å². The van der Waals surface area contributed by atoms with E-state index in [-0.39, 0.29) is 18.7 Å². The Kier molecular flexibility index (Phi) is 10.4. The fraction of sp³-hybridized carbons (Fsp3) is 0.550. The molecule has 0 aromatic heterocycles. The number of carbonyl (C=O) groups excluding carboxylic acids is 1. The standard InChI is InChI=1S/C20H31NO4/c1-5-7-12-20(22)25-17(14-21-16(3)4)15-24-19-11-9-8-10-18(19)23-13-6-2/h6,8-11,16-17,21H,2,5,7,12-15H2,1,3-4H3. The lowest BCUT2D eigenvalue weighted by molar-refractivity contribution is -0.150. The lowest BCUT2D eigenvalue weighted by Gasteiger charge is -2.21. The van der Waals surface area contributed by atoms with E-state index in [2.05, 4.69) is 25.7 Å². The number of hydrogen-bond acceptors (Lipinski definition) is 5. The summed E-state index contributed by atoms with van der Waals surface area (Å²) in [7, 11) is 0. The van der Waals surface area contributed by atoms with Gasteiger partial charge in [0.25, 0.3) is 0 Å². The largest absolute Gasteiger partial charge is 0.486 e. The molecule has 1 rings (SSSR count). The summed E-state index contributed by atoms with van der Waals surface area (Å²) in [5.74, 6) is 1.09. The molecule has 1 atom stereocenters. The molecule has 0 aliphatic rings. The highest BCUT2D eigenvalue weighted by atomic mass is 16.6. The molecule has 1 aromatic carbocycles. The van der Waals surface area contributed by atoms with Crippen molar-refractivity contribution in [3.63, 3.8) is 0 Å². The SMILES string of the molecule is C=CCOc1ccccc1OCC(CNC(C)C)OC(=O)CCCC. The molecule has 140 valence electrons. The van der Waals surface area contributed by atoms with Crippen LogP contribution in [0.15, 0.2) is 36.9 Å². The van der Waals surface area contributed by atoms with Crippen molar-refractivity contribution in [1.82, 2.24) is 5.32 Å². The van der Waals surface area contributed by atoms with Crippen molar-refractivity contribution in [3.8, 4) is 11.5 Å². The van der Waals surface area contributed by atoms with Crippen LogP contribution in [0.3, 0.4) is 0 Å². The number of unbranched alkanes of at least 4 members (excludes halogenated alkanes) is 1. The summed E-state index contributed by atoms with van der Waals surface area (Å²) in [5.41, 5.74) is 0. The van der Waals surface area contributed by atoms with Crippen molar-refractivity contribution >= 4 is 5.97 Å². The van der Waals surface area contributed by atoms with Crippen LogP contribution in [0.2, 0.25) is 0 Å². The average Bonchev–Trinajstić information content (AvgIpc) is 2.61. The van der Waals surface area contributed by atoms with Crippen LogP contribution in [0.4, 0.5) is 0 Å². The zero-order chi connectivity index (χ0) is 18.5. The van der Waals surface area contributed by atoms with Crippen molar-refractivity contribution in [2.75, 3.05) is 19.8 Å². The van der Waals surface area contributed by atoms with E-state index in [0.29, 0.717) is 37.1 Å². The van der Waals surface area contributed by atoms with Gasteiger partial charge in [-0.15, -0.1) is 0 Å². The van der Waals surface area contributed by atoms with E-state index < -0.39 is 0 Å². The van der Waals surface area contributed by atoms with Gasteiger partial charge in [0.2, 0.25) is 0 Å². The summed E-state index contributed by atoms with van der Waals surface area (Å²) >= 11 is 0. The first kappa shape index (κ1) is 21.0. The van der Waals surface area contributed by atoms with Gasteiger partial charge in [-0.3, -0.25) is 4.79 Å². The van der Waals surface area contributed by atoms with Crippen LogP contribution in [0, 0.1) is 0 Å². The normalized spacial score (nSPS) is 11.8. The summed E-state index contributed by atoms with van der Waals surface area (Å²) in [4.78, 5) is 11.9. The van der Waals surface area contributed by atoms with Crippen molar-refractivity contribution in [1.29, 1.82) is 0 Å². The molecule has 0 spiro atoms. The molecule has 0 saturated carbocycles. The molecule has 0 bridgehead atoms. The molecule has 0 fully saturated rings. The molecule has 1 N–H and O–H groups in total. The highest BCUT2D eigenvalue weighted by Gasteiger charge is 2.16.